The molecule has 2 aromatic carbocycles. The van der Waals surface area contributed by atoms with E-state index in [0.29, 0.717) is 11.1 Å². The van der Waals surface area contributed by atoms with Gasteiger partial charge in [0, 0.05) is 29.8 Å². The maximum absolute atomic E-state index is 14.4. The van der Waals surface area contributed by atoms with E-state index >= 15 is 0 Å². The molecular formula is C26H23F4N3O3S. The zero-order chi connectivity index (χ0) is 27.2. The van der Waals surface area contributed by atoms with Gasteiger partial charge in [0.1, 0.15) is 17.2 Å². The van der Waals surface area contributed by atoms with Crippen LogP contribution >= 0.6 is 0 Å². The maximum atomic E-state index is 14.4. The topological polar surface area (TPSA) is 88.2 Å². The van der Waals surface area contributed by atoms with E-state index in [1.54, 1.807) is 37.3 Å². The van der Waals surface area contributed by atoms with Crippen LogP contribution in [0.5, 0.6) is 0 Å². The van der Waals surface area contributed by atoms with Crippen molar-refractivity contribution in [2.24, 2.45) is 0 Å². The number of amides is 1. The summed E-state index contributed by atoms with van der Waals surface area (Å²) < 4.78 is 78.6. The van der Waals surface area contributed by atoms with Gasteiger partial charge < -0.3 is 5.32 Å². The molecule has 1 aromatic heterocycles. The van der Waals surface area contributed by atoms with Crippen LogP contribution in [0, 0.1) is 17.7 Å². The number of carbonyl (C=O) groups is 1. The number of alkyl halides is 3. The van der Waals surface area contributed by atoms with E-state index in [1.165, 1.54) is 18.2 Å². The minimum atomic E-state index is -4.66. The molecule has 0 fully saturated rings. The van der Waals surface area contributed by atoms with E-state index < -0.39 is 39.5 Å². The van der Waals surface area contributed by atoms with Crippen molar-refractivity contribution >= 4 is 15.9 Å². The van der Waals surface area contributed by atoms with Crippen LogP contribution in [0.25, 0.3) is 0 Å². The van der Waals surface area contributed by atoms with Crippen molar-refractivity contribution in [2.75, 3.05) is 6.26 Å². The van der Waals surface area contributed by atoms with E-state index in [1.807, 2.05) is 0 Å². The summed E-state index contributed by atoms with van der Waals surface area (Å²) in [6.45, 7) is 1.16. The summed E-state index contributed by atoms with van der Waals surface area (Å²) in [6, 6.07) is 14.7. The van der Waals surface area contributed by atoms with Gasteiger partial charge in [0.25, 0.3) is 0 Å². The molecule has 3 rings (SSSR count). The van der Waals surface area contributed by atoms with Gasteiger partial charge in [0.2, 0.25) is 15.9 Å². The molecule has 0 spiro atoms. The van der Waals surface area contributed by atoms with Gasteiger partial charge in [0.05, 0.1) is 12.2 Å². The van der Waals surface area contributed by atoms with Crippen LogP contribution in [-0.2, 0) is 34.1 Å². The third-order valence-corrected chi connectivity index (χ3v) is 5.99. The van der Waals surface area contributed by atoms with Gasteiger partial charge in [-0.1, -0.05) is 42.3 Å². The average Bonchev–Trinajstić information content (AvgIpc) is 2.84. The molecule has 3 aromatic rings. The van der Waals surface area contributed by atoms with Gasteiger partial charge in [-0.2, -0.15) is 13.2 Å². The molecule has 0 bridgehead atoms. The highest BCUT2D eigenvalue weighted by Gasteiger charge is 2.33. The summed E-state index contributed by atoms with van der Waals surface area (Å²) in [5.74, 6) is 3.45. The Labute approximate surface area is 212 Å². The molecule has 1 atom stereocenters. The molecule has 0 saturated carbocycles. The molecule has 11 heteroatoms. The standard InChI is InChI=1S/C26H23F4N3O3S/c1-17(19-9-10-20(22(27)14-19)16-32-37(2,35)36)25(34)31-15-21-11-13-24(26(28,29)30)33-23(21)12-8-18-6-4-3-5-7-18/h3-7,9-11,13-14,17,32H,15-16H2,1-2H3,(H,31,34). The molecular weight excluding hydrogens is 510 g/mol. The number of pyridine rings is 1. The molecule has 0 aliphatic heterocycles. The first-order valence-corrected chi connectivity index (χ1v) is 12.9. The minimum absolute atomic E-state index is 0.110. The fourth-order valence-electron chi connectivity index (χ4n) is 3.22. The lowest BCUT2D eigenvalue weighted by molar-refractivity contribution is -0.141. The van der Waals surface area contributed by atoms with Crippen molar-refractivity contribution in [1.29, 1.82) is 0 Å². The Balaban J connectivity index is 1.76. The second-order valence-electron chi connectivity index (χ2n) is 8.20. The van der Waals surface area contributed by atoms with Gasteiger partial charge >= 0.3 is 6.18 Å². The zero-order valence-electron chi connectivity index (χ0n) is 19.9. The molecule has 0 radical (unpaired) electrons. The van der Waals surface area contributed by atoms with Crippen molar-refractivity contribution in [2.45, 2.75) is 32.1 Å². The molecule has 0 saturated heterocycles. The van der Waals surface area contributed by atoms with Crippen LogP contribution in [0.3, 0.4) is 0 Å². The second-order valence-corrected chi connectivity index (χ2v) is 10.0. The number of sulfonamides is 1. The van der Waals surface area contributed by atoms with E-state index in [9.17, 15) is 30.8 Å². The maximum Gasteiger partial charge on any atom is 0.433 e. The highest BCUT2D eigenvalue weighted by Crippen LogP contribution is 2.28. The SMILES string of the molecule is CC(C(=O)NCc1ccc(C(F)(F)F)nc1C#Cc1ccccc1)c1ccc(CNS(C)(=O)=O)c(F)c1. The van der Waals surface area contributed by atoms with E-state index in [-0.39, 0.29) is 29.9 Å². The third-order valence-electron chi connectivity index (χ3n) is 5.32. The third kappa shape index (κ3) is 8.13. The van der Waals surface area contributed by atoms with Crippen LogP contribution in [0.4, 0.5) is 17.6 Å². The number of nitrogens with zero attached hydrogens (tertiary/aromatic N) is 1. The molecule has 37 heavy (non-hydrogen) atoms. The summed E-state index contributed by atoms with van der Waals surface area (Å²) in [6.07, 6.45) is -3.71. The largest absolute Gasteiger partial charge is 0.433 e. The van der Waals surface area contributed by atoms with Crippen LogP contribution < -0.4 is 10.0 Å². The van der Waals surface area contributed by atoms with Crippen LogP contribution in [0.1, 0.15) is 46.5 Å². The number of halogens is 4. The molecule has 2 N–H and O–H groups in total. The van der Waals surface area contributed by atoms with Gasteiger partial charge in [-0.15, -0.1) is 0 Å². The Hall–Kier alpha value is -3.75. The molecule has 0 aliphatic carbocycles. The second kappa shape index (κ2) is 11.5. The van der Waals surface area contributed by atoms with Gasteiger partial charge in [0.15, 0.2) is 0 Å². The fourth-order valence-corrected chi connectivity index (χ4v) is 3.64. The molecule has 1 heterocycles. The average molecular weight is 534 g/mol. The lowest BCUT2D eigenvalue weighted by Gasteiger charge is -2.15. The van der Waals surface area contributed by atoms with Crippen molar-refractivity contribution in [3.05, 3.63) is 100 Å². The highest BCUT2D eigenvalue weighted by molar-refractivity contribution is 7.88. The Kier molecular flexibility index (Phi) is 8.68. The fraction of sp³-hybridized carbons (Fsp3) is 0.231. The zero-order valence-corrected chi connectivity index (χ0v) is 20.7. The van der Waals surface area contributed by atoms with Crippen molar-refractivity contribution < 1.29 is 30.8 Å². The van der Waals surface area contributed by atoms with Crippen LogP contribution in [0.15, 0.2) is 60.7 Å². The van der Waals surface area contributed by atoms with E-state index in [2.05, 4.69) is 26.9 Å². The first-order valence-electron chi connectivity index (χ1n) is 11.0. The van der Waals surface area contributed by atoms with Gasteiger partial charge in [-0.3, -0.25) is 4.79 Å². The van der Waals surface area contributed by atoms with Gasteiger partial charge in [-0.05, 0) is 42.7 Å². The van der Waals surface area contributed by atoms with Crippen molar-refractivity contribution in [3.63, 3.8) is 0 Å². The molecule has 6 nitrogen and oxygen atoms in total. The normalized spacial score (nSPS) is 12.4. The summed E-state index contributed by atoms with van der Waals surface area (Å²) in [7, 11) is -3.51. The summed E-state index contributed by atoms with van der Waals surface area (Å²) >= 11 is 0. The lowest BCUT2D eigenvalue weighted by atomic mass is 9.98. The number of carbonyl (C=O) groups excluding carboxylic acids is 1. The smallest absolute Gasteiger partial charge is 0.351 e. The van der Waals surface area contributed by atoms with Gasteiger partial charge in [-0.25, -0.2) is 22.5 Å². The number of hydrogen-bond acceptors (Lipinski definition) is 4. The number of benzene rings is 2. The predicted octanol–water partition coefficient (Wildman–Crippen LogP) is 4.11. The van der Waals surface area contributed by atoms with E-state index in [0.717, 1.165) is 18.4 Å². The first kappa shape index (κ1) is 27.8. The van der Waals surface area contributed by atoms with E-state index in [4.69, 9.17) is 0 Å². The summed E-state index contributed by atoms with van der Waals surface area (Å²) in [5, 5.41) is 2.63. The molecule has 1 unspecified atom stereocenters. The Morgan fingerprint density at radius 2 is 1.68 bits per heavy atom. The molecule has 0 aliphatic rings. The minimum Gasteiger partial charge on any atom is -0.351 e. The molecule has 194 valence electrons. The van der Waals surface area contributed by atoms with Crippen LogP contribution in [-0.4, -0.2) is 25.6 Å². The summed E-state index contributed by atoms with van der Waals surface area (Å²) in [5.41, 5.74) is 0.0921. The Bertz CT molecular complexity index is 1450. The molecule has 1 amide bonds. The lowest BCUT2D eigenvalue weighted by Crippen LogP contribution is -2.28. The van der Waals surface area contributed by atoms with Crippen molar-refractivity contribution in [1.82, 2.24) is 15.0 Å². The predicted molar refractivity (Wildman–Crippen MR) is 130 cm³/mol. The number of nitrogens with one attached hydrogen (secondary N) is 2. The summed E-state index contributed by atoms with van der Waals surface area (Å²) in [4.78, 5) is 16.4. The van der Waals surface area contributed by atoms with Crippen molar-refractivity contribution in [3.8, 4) is 11.8 Å². The Morgan fingerprint density at radius 1 is 1.00 bits per heavy atom. The quantitative estimate of drug-likeness (QED) is 0.354. The Morgan fingerprint density at radius 3 is 2.30 bits per heavy atom. The first-order chi connectivity index (χ1) is 17.3. The number of rotatable bonds is 7. The van der Waals surface area contributed by atoms with Crippen LogP contribution in [0.2, 0.25) is 0 Å². The number of hydrogen-bond donors (Lipinski definition) is 2. The highest BCUT2D eigenvalue weighted by atomic mass is 32.2. The number of aromatic nitrogens is 1. The monoisotopic (exact) mass is 533 g/mol.